The molecule has 0 atom stereocenters. The number of nitrogens with one attached hydrogen (secondary N) is 2. The van der Waals surface area contributed by atoms with Crippen molar-refractivity contribution in [3.05, 3.63) is 107 Å². The number of furan rings is 1. The third-order valence-electron chi connectivity index (χ3n) is 4.55. The molecule has 0 unspecified atom stereocenters. The summed E-state index contributed by atoms with van der Waals surface area (Å²) in [6, 6.07) is 21.5. The van der Waals surface area contributed by atoms with E-state index in [1.54, 1.807) is 48.8 Å². The molecule has 2 N–H and O–H groups in total. The SMILES string of the molecule is O=C(Nc1ccccc1C(=O)NCc1cccnc1)c1ccc(-c2ccc(Br)cc2)o1. The van der Waals surface area contributed by atoms with Crippen LogP contribution in [0, 0.1) is 0 Å². The van der Waals surface area contributed by atoms with Crippen molar-refractivity contribution in [1.29, 1.82) is 0 Å². The lowest BCUT2D eigenvalue weighted by Gasteiger charge is -2.11. The fourth-order valence-electron chi connectivity index (χ4n) is 2.98. The van der Waals surface area contributed by atoms with Gasteiger partial charge in [-0.15, -0.1) is 0 Å². The van der Waals surface area contributed by atoms with Crippen molar-refractivity contribution in [2.45, 2.75) is 6.54 Å². The first kappa shape index (κ1) is 20.6. The monoisotopic (exact) mass is 475 g/mol. The quantitative estimate of drug-likeness (QED) is 0.396. The summed E-state index contributed by atoms with van der Waals surface area (Å²) in [4.78, 5) is 29.4. The van der Waals surface area contributed by atoms with Crippen LogP contribution in [0.2, 0.25) is 0 Å². The predicted octanol–water partition coefficient (Wildman–Crippen LogP) is 5.29. The molecule has 2 aromatic carbocycles. The number of rotatable bonds is 6. The Morgan fingerprint density at radius 1 is 0.903 bits per heavy atom. The van der Waals surface area contributed by atoms with E-state index in [0.717, 1.165) is 15.6 Å². The normalized spacial score (nSPS) is 10.5. The van der Waals surface area contributed by atoms with Crippen LogP contribution >= 0.6 is 15.9 Å². The molecule has 2 aromatic heterocycles. The van der Waals surface area contributed by atoms with Crippen molar-refractivity contribution in [2.75, 3.05) is 5.32 Å². The Morgan fingerprint density at radius 3 is 2.48 bits per heavy atom. The van der Waals surface area contributed by atoms with Crippen molar-refractivity contribution in [1.82, 2.24) is 10.3 Å². The van der Waals surface area contributed by atoms with Crippen molar-refractivity contribution in [3.8, 4) is 11.3 Å². The van der Waals surface area contributed by atoms with Crippen LogP contribution in [0.4, 0.5) is 5.69 Å². The van der Waals surface area contributed by atoms with Crippen LogP contribution in [0.25, 0.3) is 11.3 Å². The maximum absolute atomic E-state index is 12.7. The van der Waals surface area contributed by atoms with Crippen molar-refractivity contribution >= 4 is 33.4 Å². The molecule has 7 heteroatoms. The van der Waals surface area contributed by atoms with E-state index < -0.39 is 5.91 Å². The standard InChI is InChI=1S/C24H18BrN3O3/c25-18-9-7-17(8-10-18)21-11-12-22(31-21)24(30)28-20-6-2-1-5-19(20)23(29)27-15-16-4-3-13-26-14-16/h1-14H,15H2,(H,27,29)(H,28,30). The number of benzene rings is 2. The molecule has 0 aliphatic carbocycles. The van der Waals surface area contributed by atoms with Crippen LogP contribution in [0.1, 0.15) is 26.5 Å². The molecule has 0 aliphatic heterocycles. The second-order valence-corrected chi connectivity index (χ2v) is 7.63. The van der Waals surface area contributed by atoms with Gasteiger partial charge >= 0.3 is 0 Å². The van der Waals surface area contributed by atoms with Crippen LogP contribution in [0.5, 0.6) is 0 Å². The summed E-state index contributed by atoms with van der Waals surface area (Å²) in [5.74, 6) is 0.00857. The first-order chi connectivity index (χ1) is 15.1. The zero-order valence-corrected chi connectivity index (χ0v) is 17.9. The summed E-state index contributed by atoms with van der Waals surface area (Å²) in [6.07, 6.45) is 3.36. The second-order valence-electron chi connectivity index (χ2n) is 6.71. The number of hydrogen-bond donors (Lipinski definition) is 2. The molecule has 31 heavy (non-hydrogen) atoms. The predicted molar refractivity (Wildman–Crippen MR) is 122 cm³/mol. The number of carbonyl (C=O) groups excluding carboxylic acids is 2. The maximum atomic E-state index is 12.7. The third-order valence-corrected chi connectivity index (χ3v) is 5.08. The van der Waals surface area contributed by atoms with Gasteiger partial charge in [0.15, 0.2) is 5.76 Å². The van der Waals surface area contributed by atoms with Crippen LogP contribution in [0.3, 0.4) is 0 Å². The molecule has 2 amide bonds. The van der Waals surface area contributed by atoms with Gasteiger partial charge in [0.2, 0.25) is 0 Å². The number of para-hydroxylation sites is 1. The average molecular weight is 476 g/mol. The van der Waals surface area contributed by atoms with Gasteiger partial charge in [-0.1, -0.05) is 46.3 Å². The van der Waals surface area contributed by atoms with Gasteiger partial charge < -0.3 is 15.1 Å². The molecule has 2 heterocycles. The number of nitrogens with zero attached hydrogens (tertiary/aromatic N) is 1. The lowest BCUT2D eigenvalue weighted by molar-refractivity contribution is 0.0951. The van der Waals surface area contributed by atoms with Gasteiger partial charge in [-0.25, -0.2) is 0 Å². The summed E-state index contributed by atoms with van der Waals surface area (Å²) in [5.41, 5.74) is 2.50. The molecule has 154 valence electrons. The molecular weight excluding hydrogens is 458 g/mol. The van der Waals surface area contributed by atoms with E-state index in [0.29, 0.717) is 23.6 Å². The summed E-state index contributed by atoms with van der Waals surface area (Å²) in [6.45, 7) is 0.337. The summed E-state index contributed by atoms with van der Waals surface area (Å²) < 4.78 is 6.67. The van der Waals surface area contributed by atoms with E-state index in [4.69, 9.17) is 4.42 Å². The van der Waals surface area contributed by atoms with Crippen LogP contribution < -0.4 is 10.6 Å². The molecule has 0 aliphatic rings. The number of pyridine rings is 1. The second kappa shape index (κ2) is 9.40. The maximum Gasteiger partial charge on any atom is 0.291 e. The van der Waals surface area contributed by atoms with Gasteiger partial charge in [-0.3, -0.25) is 14.6 Å². The number of halogens is 1. The van der Waals surface area contributed by atoms with Gasteiger partial charge in [0, 0.05) is 29.0 Å². The summed E-state index contributed by atoms with van der Waals surface area (Å²) in [7, 11) is 0. The average Bonchev–Trinajstić information content (AvgIpc) is 3.29. The van der Waals surface area contributed by atoms with E-state index in [-0.39, 0.29) is 11.7 Å². The highest BCUT2D eigenvalue weighted by atomic mass is 79.9. The lowest BCUT2D eigenvalue weighted by atomic mass is 10.1. The van der Waals surface area contributed by atoms with Gasteiger partial charge in [-0.2, -0.15) is 0 Å². The number of aromatic nitrogens is 1. The Bertz CT molecular complexity index is 1200. The van der Waals surface area contributed by atoms with Crippen molar-refractivity contribution < 1.29 is 14.0 Å². The molecule has 6 nitrogen and oxygen atoms in total. The Labute approximate surface area is 187 Å². The lowest BCUT2D eigenvalue weighted by Crippen LogP contribution is -2.24. The Kier molecular flexibility index (Phi) is 6.24. The van der Waals surface area contributed by atoms with E-state index in [1.165, 1.54) is 0 Å². The minimum absolute atomic E-state index is 0.156. The molecule has 4 rings (SSSR count). The highest BCUT2D eigenvalue weighted by Gasteiger charge is 2.17. The van der Waals surface area contributed by atoms with E-state index in [2.05, 4.69) is 31.5 Å². The molecular formula is C24H18BrN3O3. The molecule has 0 fully saturated rings. The van der Waals surface area contributed by atoms with Crippen LogP contribution in [0.15, 0.2) is 94.1 Å². The van der Waals surface area contributed by atoms with Gasteiger partial charge in [0.1, 0.15) is 5.76 Å². The molecule has 0 saturated heterocycles. The zero-order chi connectivity index (χ0) is 21.6. The fourth-order valence-corrected chi connectivity index (χ4v) is 3.25. The summed E-state index contributed by atoms with van der Waals surface area (Å²) >= 11 is 3.40. The number of anilines is 1. The molecule has 0 saturated carbocycles. The first-order valence-corrected chi connectivity index (χ1v) is 10.3. The fraction of sp³-hybridized carbons (Fsp3) is 0.0417. The zero-order valence-electron chi connectivity index (χ0n) is 16.3. The summed E-state index contributed by atoms with van der Waals surface area (Å²) in [5, 5.41) is 5.61. The highest BCUT2D eigenvalue weighted by Crippen LogP contribution is 2.25. The largest absolute Gasteiger partial charge is 0.451 e. The van der Waals surface area contributed by atoms with Crippen LogP contribution in [-0.4, -0.2) is 16.8 Å². The Hall–Kier alpha value is -3.71. The Morgan fingerprint density at radius 2 is 1.71 bits per heavy atom. The smallest absolute Gasteiger partial charge is 0.291 e. The van der Waals surface area contributed by atoms with Gasteiger partial charge in [-0.05, 0) is 48.0 Å². The molecule has 0 bridgehead atoms. The highest BCUT2D eigenvalue weighted by molar-refractivity contribution is 9.10. The topological polar surface area (TPSA) is 84.2 Å². The number of hydrogen-bond acceptors (Lipinski definition) is 4. The number of carbonyl (C=O) groups is 2. The first-order valence-electron chi connectivity index (χ1n) is 9.53. The minimum atomic E-state index is -0.434. The van der Waals surface area contributed by atoms with Crippen LogP contribution in [-0.2, 0) is 6.54 Å². The van der Waals surface area contributed by atoms with E-state index in [9.17, 15) is 9.59 Å². The molecule has 0 radical (unpaired) electrons. The molecule has 0 spiro atoms. The Balaban J connectivity index is 1.46. The van der Waals surface area contributed by atoms with E-state index >= 15 is 0 Å². The van der Waals surface area contributed by atoms with Crippen molar-refractivity contribution in [2.24, 2.45) is 0 Å². The van der Waals surface area contributed by atoms with Gasteiger partial charge in [0.05, 0.1) is 11.3 Å². The van der Waals surface area contributed by atoms with Gasteiger partial charge in [0.25, 0.3) is 11.8 Å². The minimum Gasteiger partial charge on any atom is -0.451 e. The van der Waals surface area contributed by atoms with E-state index in [1.807, 2.05) is 36.4 Å². The number of amides is 2. The molecule has 4 aromatic rings. The third kappa shape index (κ3) is 5.07. The van der Waals surface area contributed by atoms with Crippen molar-refractivity contribution in [3.63, 3.8) is 0 Å².